The van der Waals surface area contributed by atoms with Crippen molar-refractivity contribution in [2.75, 3.05) is 18.1 Å². The average molecular weight is 233 g/mol. The Morgan fingerprint density at radius 1 is 1.47 bits per heavy atom. The molecule has 1 atom stereocenters. The van der Waals surface area contributed by atoms with Crippen LogP contribution in [0.15, 0.2) is 24.3 Å². The van der Waals surface area contributed by atoms with Gasteiger partial charge in [0.2, 0.25) is 5.91 Å². The fourth-order valence-corrected chi connectivity index (χ4v) is 2.32. The van der Waals surface area contributed by atoms with Crippen LogP contribution in [0.5, 0.6) is 0 Å². The van der Waals surface area contributed by atoms with Gasteiger partial charge in [-0.2, -0.15) is 0 Å². The maximum atomic E-state index is 11.9. The molecule has 0 radical (unpaired) electrons. The second kappa shape index (κ2) is 4.75. The Kier molecular flexibility index (Phi) is 3.33. The number of nitrogens with two attached hydrogens (primary N) is 1. The number of aryl methyl sites for hydroxylation is 1. The van der Waals surface area contributed by atoms with Crippen molar-refractivity contribution in [3.63, 3.8) is 0 Å². The summed E-state index contributed by atoms with van der Waals surface area (Å²) in [4.78, 5) is 11.9. The maximum absolute atomic E-state index is 11.9. The van der Waals surface area contributed by atoms with Gasteiger partial charge in [-0.3, -0.25) is 14.8 Å². The summed E-state index contributed by atoms with van der Waals surface area (Å²) >= 11 is 0. The smallest absolute Gasteiger partial charge is 0.243 e. The van der Waals surface area contributed by atoms with Gasteiger partial charge in [0.1, 0.15) is 0 Å². The number of rotatable bonds is 3. The fraction of sp³-hybridized carbons (Fsp3) is 0.462. The van der Waals surface area contributed by atoms with Gasteiger partial charge in [-0.05, 0) is 31.5 Å². The van der Waals surface area contributed by atoms with E-state index in [1.54, 1.807) is 5.01 Å². The first kappa shape index (κ1) is 11.9. The molecule has 0 bridgehead atoms. The third kappa shape index (κ3) is 2.26. The third-order valence-electron chi connectivity index (χ3n) is 3.04. The monoisotopic (exact) mass is 233 g/mol. The van der Waals surface area contributed by atoms with E-state index in [0.717, 1.165) is 5.69 Å². The van der Waals surface area contributed by atoms with Gasteiger partial charge in [-0.1, -0.05) is 12.1 Å². The molecule has 17 heavy (non-hydrogen) atoms. The third-order valence-corrected chi connectivity index (χ3v) is 3.04. The first-order chi connectivity index (χ1) is 8.13. The zero-order chi connectivity index (χ0) is 12.4. The highest BCUT2D eigenvalue weighted by Gasteiger charge is 2.34. The Labute approximate surface area is 102 Å². The van der Waals surface area contributed by atoms with Crippen molar-refractivity contribution in [1.82, 2.24) is 5.01 Å². The molecule has 0 saturated carbocycles. The van der Waals surface area contributed by atoms with Crippen molar-refractivity contribution in [3.8, 4) is 0 Å². The summed E-state index contributed by atoms with van der Waals surface area (Å²) in [5.74, 6) is 0.157. The van der Waals surface area contributed by atoms with E-state index >= 15 is 0 Å². The van der Waals surface area contributed by atoms with E-state index in [-0.39, 0.29) is 11.9 Å². The molecular weight excluding hydrogens is 214 g/mol. The average Bonchev–Trinajstić information content (AvgIpc) is 2.54. The van der Waals surface area contributed by atoms with Crippen molar-refractivity contribution in [3.05, 3.63) is 29.8 Å². The molecule has 1 heterocycles. The number of nitrogens with zero attached hydrogens (tertiary/aromatic N) is 2. The maximum Gasteiger partial charge on any atom is 0.243 e. The van der Waals surface area contributed by atoms with Crippen LogP contribution in [-0.2, 0) is 4.79 Å². The Bertz CT molecular complexity index is 419. The SMILES string of the molecule is Cc1cccc(N2C(C)CC(=O)N2CCN)c1. The number of hydrogen-bond acceptors (Lipinski definition) is 3. The standard InChI is InChI=1S/C13H19N3O/c1-10-4-3-5-12(8-10)16-11(2)9-13(17)15(16)7-6-14/h3-5,8,11H,6-7,9,14H2,1-2H3. The van der Waals surface area contributed by atoms with E-state index in [1.165, 1.54) is 5.56 Å². The van der Waals surface area contributed by atoms with Gasteiger partial charge in [0.25, 0.3) is 0 Å². The molecule has 4 nitrogen and oxygen atoms in total. The van der Waals surface area contributed by atoms with Gasteiger partial charge in [0.05, 0.1) is 24.7 Å². The first-order valence-electron chi connectivity index (χ1n) is 5.99. The van der Waals surface area contributed by atoms with Crippen molar-refractivity contribution in [2.45, 2.75) is 26.3 Å². The molecule has 1 unspecified atom stereocenters. The van der Waals surface area contributed by atoms with Crippen LogP contribution in [0.1, 0.15) is 18.9 Å². The van der Waals surface area contributed by atoms with Crippen LogP contribution >= 0.6 is 0 Å². The molecule has 1 saturated heterocycles. The number of carbonyl (C=O) groups excluding carboxylic acids is 1. The fourth-order valence-electron chi connectivity index (χ4n) is 2.32. The second-order valence-electron chi connectivity index (χ2n) is 4.54. The van der Waals surface area contributed by atoms with Crippen LogP contribution in [0.2, 0.25) is 0 Å². The lowest BCUT2D eigenvalue weighted by molar-refractivity contribution is -0.128. The summed E-state index contributed by atoms with van der Waals surface area (Å²) in [5, 5.41) is 3.82. The second-order valence-corrected chi connectivity index (χ2v) is 4.54. The number of hydrazine groups is 1. The van der Waals surface area contributed by atoms with E-state index < -0.39 is 0 Å². The zero-order valence-electron chi connectivity index (χ0n) is 10.4. The predicted molar refractivity (Wildman–Crippen MR) is 68.5 cm³/mol. The highest BCUT2D eigenvalue weighted by atomic mass is 16.2. The summed E-state index contributed by atoms with van der Waals surface area (Å²) < 4.78 is 0. The molecular formula is C13H19N3O. The molecule has 0 aliphatic carbocycles. The van der Waals surface area contributed by atoms with Crippen LogP contribution in [0.3, 0.4) is 0 Å². The van der Waals surface area contributed by atoms with Gasteiger partial charge in [0, 0.05) is 6.54 Å². The van der Waals surface area contributed by atoms with Crippen LogP contribution in [-0.4, -0.2) is 30.0 Å². The molecule has 0 aromatic heterocycles. The summed E-state index contributed by atoms with van der Waals surface area (Å²) in [6.07, 6.45) is 0.563. The molecule has 0 spiro atoms. The minimum atomic E-state index is 0.157. The molecule has 1 aliphatic rings. The van der Waals surface area contributed by atoms with Crippen molar-refractivity contribution in [2.24, 2.45) is 5.73 Å². The van der Waals surface area contributed by atoms with Gasteiger partial charge in [-0.15, -0.1) is 0 Å². The van der Waals surface area contributed by atoms with Crippen molar-refractivity contribution in [1.29, 1.82) is 0 Å². The molecule has 2 rings (SSSR count). The largest absolute Gasteiger partial charge is 0.329 e. The lowest BCUT2D eigenvalue weighted by atomic mass is 10.2. The van der Waals surface area contributed by atoms with Crippen molar-refractivity contribution < 1.29 is 4.79 Å². The molecule has 92 valence electrons. The topological polar surface area (TPSA) is 49.6 Å². The van der Waals surface area contributed by atoms with Crippen LogP contribution in [0.4, 0.5) is 5.69 Å². The Morgan fingerprint density at radius 2 is 2.24 bits per heavy atom. The number of benzene rings is 1. The summed E-state index contributed by atoms with van der Waals surface area (Å²) in [7, 11) is 0. The molecule has 1 aromatic carbocycles. The normalized spacial score (nSPS) is 20.2. The molecule has 4 heteroatoms. The lowest BCUT2D eigenvalue weighted by Crippen LogP contribution is -2.44. The van der Waals surface area contributed by atoms with Gasteiger partial charge in [0.15, 0.2) is 0 Å². The molecule has 1 aromatic rings. The Balaban J connectivity index is 2.31. The zero-order valence-corrected chi connectivity index (χ0v) is 10.4. The number of amides is 1. The predicted octanol–water partition coefficient (Wildman–Crippen LogP) is 1.30. The van der Waals surface area contributed by atoms with Crippen LogP contribution in [0, 0.1) is 6.92 Å². The van der Waals surface area contributed by atoms with E-state index in [2.05, 4.69) is 31.0 Å². The van der Waals surface area contributed by atoms with Gasteiger partial charge >= 0.3 is 0 Å². The minimum Gasteiger partial charge on any atom is -0.329 e. The van der Waals surface area contributed by atoms with E-state index in [0.29, 0.717) is 19.5 Å². The highest BCUT2D eigenvalue weighted by Crippen LogP contribution is 2.27. The molecule has 2 N–H and O–H groups in total. The number of carbonyl (C=O) groups is 1. The lowest BCUT2D eigenvalue weighted by Gasteiger charge is -2.32. The number of hydrogen-bond donors (Lipinski definition) is 1. The minimum absolute atomic E-state index is 0.157. The molecule has 1 amide bonds. The van der Waals surface area contributed by atoms with E-state index in [1.807, 2.05) is 12.1 Å². The van der Waals surface area contributed by atoms with E-state index in [4.69, 9.17) is 5.73 Å². The first-order valence-corrected chi connectivity index (χ1v) is 5.99. The van der Waals surface area contributed by atoms with Crippen LogP contribution < -0.4 is 10.7 Å². The van der Waals surface area contributed by atoms with Gasteiger partial charge < -0.3 is 5.73 Å². The summed E-state index contributed by atoms with van der Waals surface area (Å²) in [5.41, 5.74) is 7.83. The van der Waals surface area contributed by atoms with Gasteiger partial charge in [-0.25, -0.2) is 0 Å². The summed E-state index contributed by atoms with van der Waals surface area (Å²) in [6.45, 7) is 5.19. The van der Waals surface area contributed by atoms with Crippen LogP contribution in [0.25, 0.3) is 0 Å². The van der Waals surface area contributed by atoms with Crippen molar-refractivity contribution >= 4 is 11.6 Å². The Hall–Kier alpha value is -1.55. The number of anilines is 1. The Morgan fingerprint density at radius 3 is 2.88 bits per heavy atom. The summed E-state index contributed by atoms with van der Waals surface area (Å²) in [6, 6.07) is 8.40. The molecule has 1 aliphatic heterocycles. The highest BCUT2D eigenvalue weighted by molar-refractivity contribution is 5.82. The molecule has 1 fully saturated rings. The van der Waals surface area contributed by atoms with E-state index in [9.17, 15) is 4.79 Å². The quantitative estimate of drug-likeness (QED) is 0.856.